The molecule has 30 heavy (non-hydrogen) atoms. The fraction of sp³-hybridized carbons (Fsp3) is 0.0952. The number of hydrogen-bond donors (Lipinski definition) is 0. The quantitative estimate of drug-likeness (QED) is 0.203. The third-order valence-corrected chi connectivity index (χ3v) is 4.87. The molecule has 4 rings (SSSR count). The minimum absolute atomic E-state index is 0.124. The SMILES string of the molecule is CCOC(=O)c1cc(C(=O)c2ccc([N+](=O)[O-])cc2)n2cnc3ccc(Cl)cc3c12. The maximum absolute atomic E-state index is 13.1. The van der Waals surface area contributed by atoms with Crippen LogP contribution in [0.4, 0.5) is 5.69 Å². The van der Waals surface area contributed by atoms with Crippen molar-refractivity contribution in [3.8, 4) is 0 Å². The van der Waals surface area contributed by atoms with Crippen LogP contribution < -0.4 is 0 Å². The largest absolute Gasteiger partial charge is 0.462 e. The first-order chi connectivity index (χ1) is 14.4. The van der Waals surface area contributed by atoms with E-state index in [4.69, 9.17) is 16.3 Å². The smallest absolute Gasteiger partial charge is 0.340 e. The molecule has 4 aromatic rings. The number of nitrogens with zero attached hydrogens (tertiary/aromatic N) is 3. The number of rotatable bonds is 5. The number of carbonyl (C=O) groups is 2. The molecule has 2 heterocycles. The van der Waals surface area contributed by atoms with Gasteiger partial charge in [-0.25, -0.2) is 9.78 Å². The number of ether oxygens (including phenoxy) is 1. The first-order valence-corrected chi connectivity index (χ1v) is 9.34. The zero-order chi connectivity index (χ0) is 21.4. The molecule has 0 unspecified atom stereocenters. The molecule has 0 aliphatic carbocycles. The first-order valence-electron chi connectivity index (χ1n) is 8.96. The van der Waals surface area contributed by atoms with E-state index in [2.05, 4.69) is 4.98 Å². The summed E-state index contributed by atoms with van der Waals surface area (Å²) in [6.07, 6.45) is 1.45. The Morgan fingerprint density at radius 3 is 2.57 bits per heavy atom. The molecular weight excluding hydrogens is 410 g/mol. The topological polar surface area (TPSA) is 104 Å². The number of carbonyl (C=O) groups excluding carboxylic acids is 2. The predicted molar refractivity (Wildman–Crippen MR) is 110 cm³/mol. The third kappa shape index (κ3) is 3.27. The van der Waals surface area contributed by atoms with Crippen molar-refractivity contribution < 1.29 is 19.2 Å². The number of nitro groups is 1. The maximum Gasteiger partial charge on any atom is 0.340 e. The molecule has 0 atom stereocenters. The number of non-ortho nitro benzene ring substituents is 1. The van der Waals surface area contributed by atoms with E-state index in [-0.39, 0.29) is 29.1 Å². The molecule has 2 aromatic carbocycles. The molecule has 0 aliphatic heterocycles. The van der Waals surface area contributed by atoms with E-state index in [9.17, 15) is 19.7 Å². The van der Waals surface area contributed by atoms with Crippen molar-refractivity contribution in [3.63, 3.8) is 0 Å². The number of benzene rings is 2. The minimum atomic E-state index is -0.578. The molecule has 0 aliphatic rings. The summed E-state index contributed by atoms with van der Waals surface area (Å²) < 4.78 is 6.67. The fourth-order valence-corrected chi connectivity index (χ4v) is 3.44. The molecule has 2 aromatic heterocycles. The van der Waals surface area contributed by atoms with Gasteiger partial charge in [-0.3, -0.25) is 19.3 Å². The predicted octanol–water partition coefficient (Wildman–Crippen LogP) is 4.46. The second-order valence-electron chi connectivity index (χ2n) is 6.42. The highest BCUT2D eigenvalue weighted by Gasteiger charge is 2.24. The van der Waals surface area contributed by atoms with E-state index in [1.54, 1.807) is 25.1 Å². The van der Waals surface area contributed by atoms with Crippen LogP contribution in [0, 0.1) is 10.1 Å². The average Bonchev–Trinajstić information content (AvgIpc) is 3.13. The molecule has 0 amide bonds. The summed E-state index contributed by atoms with van der Waals surface area (Å²) in [5.41, 5.74) is 1.55. The Bertz CT molecular complexity index is 1330. The van der Waals surface area contributed by atoms with Crippen LogP contribution in [0.2, 0.25) is 5.02 Å². The fourth-order valence-electron chi connectivity index (χ4n) is 3.27. The second kappa shape index (κ2) is 7.57. The molecule has 0 N–H and O–H groups in total. The van der Waals surface area contributed by atoms with Gasteiger partial charge in [-0.15, -0.1) is 0 Å². The number of nitro benzene ring substituents is 1. The van der Waals surface area contributed by atoms with Gasteiger partial charge in [-0.2, -0.15) is 0 Å². The summed E-state index contributed by atoms with van der Waals surface area (Å²) in [6.45, 7) is 1.86. The van der Waals surface area contributed by atoms with E-state index in [0.29, 0.717) is 21.4 Å². The molecule has 0 spiro atoms. The van der Waals surface area contributed by atoms with Crippen molar-refractivity contribution >= 4 is 45.5 Å². The van der Waals surface area contributed by atoms with Gasteiger partial charge in [0.1, 0.15) is 6.33 Å². The third-order valence-electron chi connectivity index (χ3n) is 4.63. The van der Waals surface area contributed by atoms with Crippen molar-refractivity contribution in [2.24, 2.45) is 0 Å². The summed E-state index contributed by atoms with van der Waals surface area (Å²) in [7, 11) is 0. The zero-order valence-electron chi connectivity index (χ0n) is 15.7. The normalized spacial score (nSPS) is 11.0. The lowest BCUT2D eigenvalue weighted by Gasteiger charge is -2.06. The number of ketones is 1. The van der Waals surface area contributed by atoms with Crippen molar-refractivity contribution in [1.29, 1.82) is 0 Å². The van der Waals surface area contributed by atoms with Gasteiger partial charge in [-0.1, -0.05) is 11.6 Å². The summed E-state index contributed by atoms with van der Waals surface area (Å²) in [6, 6.07) is 11.8. The summed E-state index contributed by atoms with van der Waals surface area (Å²) in [5, 5.41) is 11.9. The zero-order valence-corrected chi connectivity index (χ0v) is 16.4. The highest BCUT2D eigenvalue weighted by atomic mass is 35.5. The van der Waals surface area contributed by atoms with Gasteiger partial charge in [0, 0.05) is 28.1 Å². The minimum Gasteiger partial charge on any atom is -0.462 e. The summed E-state index contributed by atoms with van der Waals surface area (Å²) in [4.78, 5) is 40.4. The highest BCUT2D eigenvalue weighted by Crippen LogP contribution is 2.29. The number of fused-ring (bicyclic) bond motifs is 3. The van der Waals surface area contributed by atoms with Gasteiger partial charge in [0.05, 0.1) is 33.8 Å². The molecule has 150 valence electrons. The van der Waals surface area contributed by atoms with Crippen LogP contribution in [-0.2, 0) is 4.74 Å². The standard InChI is InChI=1S/C21H14ClN3O5/c1-2-30-21(27)16-10-18(20(26)12-3-6-14(7-4-12)25(28)29)24-11-23-17-8-5-13(22)9-15(17)19(16)24/h3-11H,2H2,1H3. The van der Waals surface area contributed by atoms with Gasteiger partial charge in [0.2, 0.25) is 5.78 Å². The second-order valence-corrected chi connectivity index (χ2v) is 6.86. The maximum atomic E-state index is 13.1. The number of esters is 1. The lowest BCUT2D eigenvalue weighted by molar-refractivity contribution is -0.384. The van der Waals surface area contributed by atoms with Gasteiger partial charge >= 0.3 is 5.97 Å². The molecule has 0 saturated carbocycles. The van der Waals surface area contributed by atoms with Gasteiger partial charge in [0.25, 0.3) is 5.69 Å². The number of aromatic nitrogens is 2. The Balaban J connectivity index is 1.95. The first kappa shape index (κ1) is 19.5. The van der Waals surface area contributed by atoms with Gasteiger partial charge in [-0.05, 0) is 43.3 Å². The van der Waals surface area contributed by atoms with Gasteiger partial charge < -0.3 is 4.74 Å². The van der Waals surface area contributed by atoms with Gasteiger partial charge in [0.15, 0.2) is 0 Å². The summed E-state index contributed by atoms with van der Waals surface area (Å²) >= 11 is 6.14. The molecule has 8 nitrogen and oxygen atoms in total. The Hall–Kier alpha value is -3.78. The molecule has 9 heteroatoms. The number of hydrogen-bond acceptors (Lipinski definition) is 6. The van der Waals surface area contributed by atoms with Crippen LogP contribution in [0.1, 0.15) is 33.3 Å². The van der Waals surface area contributed by atoms with Crippen molar-refractivity contribution in [3.05, 3.63) is 86.8 Å². The highest BCUT2D eigenvalue weighted by molar-refractivity contribution is 6.31. The van der Waals surface area contributed by atoms with E-state index in [1.165, 1.54) is 41.1 Å². The van der Waals surface area contributed by atoms with Crippen LogP contribution >= 0.6 is 11.6 Å². The van der Waals surface area contributed by atoms with Crippen molar-refractivity contribution in [2.75, 3.05) is 6.61 Å². The van der Waals surface area contributed by atoms with E-state index in [1.807, 2.05) is 0 Å². The lowest BCUT2D eigenvalue weighted by atomic mass is 10.1. The van der Waals surface area contributed by atoms with Crippen LogP contribution in [0.5, 0.6) is 0 Å². The van der Waals surface area contributed by atoms with E-state index in [0.717, 1.165) is 0 Å². The van der Waals surface area contributed by atoms with Crippen LogP contribution in [0.15, 0.2) is 54.9 Å². The van der Waals surface area contributed by atoms with Crippen molar-refractivity contribution in [2.45, 2.75) is 6.92 Å². The molecule has 0 bridgehead atoms. The Morgan fingerprint density at radius 1 is 1.17 bits per heavy atom. The van der Waals surface area contributed by atoms with Crippen LogP contribution in [0.3, 0.4) is 0 Å². The van der Waals surface area contributed by atoms with Crippen LogP contribution in [-0.4, -0.2) is 32.7 Å². The van der Waals surface area contributed by atoms with E-state index < -0.39 is 16.7 Å². The average molecular weight is 424 g/mol. The summed E-state index contributed by atoms with van der Waals surface area (Å²) in [5.74, 6) is -0.996. The Morgan fingerprint density at radius 2 is 1.90 bits per heavy atom. The monoisotopic (exact) mass is 423 g/mol. The lowest BCUT2D eigenvalue weighted by Crippen LogP contribution is -2.06. The Kier molecular flexibility index (Phi) is 4.93. The molecule has 0 radical (unpaired) electrons. The number of halogens is 1. The van der Waals surface area contributed by atoms with E-state index >= 15 is 0 Å². The molecular formula is C21H14ClN3O5. The Labute approximate surface area is 174 Å². The van der Waals surface area contributed by atoms with Crippen LogP contribution in [0.25, 0.3) is 16.4 Å². The molecule has 0 saturated heterocycles. The van der Waals surface area contributed by atoms with Crippen molar-refractivity contribution in [1.82, 2.24) is 9.38 Å². The molecule has 0 fully saturated rings.